The highest BCUT2D eigenvalue weighted by molar-refractivity contribution is 5.86. The first kappa shape index (κ1) is 15.5. The minimum Gasteiger partial charge on any atom is -0.481 e. The molecule has 0 spiro atoms. The summed E-state index contributed by atoms with van der Waals surface area (Å²) in [7, 11) is 0. The molecule has 0 amide bonds. The maximum absolute atomic E-state index is 11.4. The molecule has 0 aliphatic heterocycles. The summed E-state index contributed by atoms with van der Waals surface area (Å²) in [4.78, 5) is 11.4. The third kappa shape index (κ3) is 3.25. The number of carboxylic acids is 1. The van der Waals surface area contributed by atoms with Crippen LogP contribution in [0.1, 0.15) is 25.3 Å². The summed E-state index contributed by atoms with van der Waals surface area (Å²) >= 11 is 0. The Labute approximate surface area is 118 Å². The van der Waals surface area contributed by atoms with Crippen LogP contribution in [0.4, 0.5) is 0 Å². The molecule has 2 rings (SSSR count). The molecule has 0 radical (unpaired) electrons. The molecule has 102 valence electrons. The van der Waals surface area contributed by atoms with Gasteiger partial charge in [-0.3, -0.25) is 4.79 Å². The molecule has 4 heteroatoms. The van der Waals surface area contributed by atoms with Crippen molar-refractivity contribution < 1.29 is 9.90 Å². The molecule has 0 aliphatic rings. The normalized spacial score (nSPS) is 12.8. The van der Waals surface area contributed by atoms with Gasteiger partial charge >= 0.3 is 5.97 Å². The molecule has 0 heterocycles. The van der Waals surface area contributed by atoms with Gasteiger partial charge in [-0.15, -0.1) is 12.4 Å². The highest BCUT2D eigenvalue weighted by Gasteiger charge is 2.33. The predicted octanol–water partition coefficient (Wildman–Crippen LogP) is 3.17. The van der Waals surface area contributed by atoms with Crippen molar-refractivity contribution in [2.75, 3.05) is 0 Å². The van der Waals surface area contributed by atoms with E-state index in [2.05, 4.69) is 0 Å². The largest absolute Gasteiger partial charge is 0.481 e. The Bertz CT molecular complexity index is 590. The van der Waals surface area contributed by atoms with Gasteiger partial charge in [-0.1, -0.05) is 42.5 Å². The lowest BCUT2D eigenvalue weighted by atomic mass is 9.82. The minimum absolute atomic E-state index is 0. The fourth-order valence-corrected chi connectivity index (χ4v) is 2.28. The van der Waals surface area contributed by atoms with Gasteiger partial charge < -0.3 is 10.8 Å². The number of benzene rings is 2. The zero-order chi connectivity index (χ0) is 13.3. The van der Waals surface area contributed by atoms with Gasteiger partial charge in [0.2, 0.25) is 0 Å². The number of carboxylic acid groups (broad SMARTS) is 1. The molecule has 0 bridgehead atoms. The Kier molecular flexibility index (Phi) is 4.56. The van der Waals surface area contributed by atoms with Crippen molar-refractivity contribution in [3.8, 4) is 0 Å². The average Bonchev–Trinajstić information content (AvgIpc) is 2.26. The van der Waals surface area contributed by atoms with Crippen LogP contribution in [0.15, 0.2) is 42.5 Å². The van der Waals surface area contributed by atoms with Crippen LogP contribution < -0.4 is 5.73 Å². The number of aliphatic carboxylic acids is 1. The van der Waals surface area contributed by atoms with E-state index in [9.17, 15) is 9.90 Å². The number of fused-ring (bicyclic) bond motifs is 1. The summed E-state index contributed by atoms with van der Waals surface area (Å²) < 4.78 is 0. The molecule has 19 heavy (non-hydrogen) atoms. The van der Waals surface area contributed by atoms with Crippen LogP contribution in [-0.4, -0.2) is 16.6 Å². The summed E-state index contributed by atoms with van der Waals surface area (Å²) in [6.45, 7) is 3.47. The summed E-state index contributed by atoms with van der Waals surface area (Å²) in [5.41, 5.74) is 5.92. The Morgan fingerprint density at radius 3 is 2.26 bits per heavy atom. The highest BCUT2D eigenvalue weighted by Crippen LogP contribution is 2.29. The molecule has 0 fully saturated rings. The lowest BCUT2D eigenvalue weighted by Crippen LogP contribution is -2.43. The molecule has 3 N–H and O–H groups in total. The molecular formula is C15H18ClNO2. The molecule has 0 aromatic heterocycles. The van der Waals surface area contributed by atoms with E-state index in [0.717, 1.165) is 16.3 Å². The Balaban J connectivity index is 0.00000180. The first-order chi connectivity index (χ1) is 8.39. The molecule has 1 atom stereocenters. The smallest absolute Gasteiger partial charge is 0.312 e. The van der Waals surface area contributed by atoms with E-state index in [1.54, 1.807) is 13.8 Å². The fraction of sp³-hybridized carbons (Fsp3) is 0.267. The number of halogens is 1. The minimum atomic E-state index is -0.891. The maximum atomic E-state index is 11.4. The third-order valence-corrected chi connectivity index (χ3v) is 3.10. The number of hydrogen-bond donors (Lipinski definition) is 2. The van der Waals surface area contributed by atoms with Gasteiger partial charge in [0.25, 0.3) is 0 Å². The molecular weight excluding hydrogens is 262 g/mol. The lowest BCUT2D eigenvalue weighted by molar-refractivity contribution is -0.140. The SMILES string of the molecule is CC(C)(N)C(C(=O)O)c1ccc2ccccc2c1.Cl. The second kappa shape index (κ2) is 5.59. The van der Waals surface area contributed by atoms with E-state index < -0.39 is 17.4 Å². The number of rotatable bonds is 3. The van der Waals surface area contributed by atoms with Crippen molar-refractivity contribution in [1.29, 1.82) is 0 Å². The van der Waals surface area contributed by atoms with Crippen LogP contribution in [0, 0.1) is 0 Å². The zero-order valence-corrected chi connectivity index (χ0v) is 11.8. The number of hydrogen-bond acceptors (Lipinski definition) is 2. The van der Waals surface area contributed by atoms with Gasteiger partial charge in [0.1, 0.15) is 0 Å². The molecule has 2 aromatic rings. The van der Waals surface area contributed by atoms with Gasteiger partial charge in [-0.2, -0.15) is 0 Å². The lowest BCUT2D eigenvalue weighted by Gasteiger charge is -2.27. The number of carbonyl (C=O) groups is 1. The van der Waals surface area contributed by atoms with Crippen molar-refractivity contribution in [2.45, 2.75) is 25.3 Å². The zero-order valence-electron chi connectivity index (χ0n) is 11.0. The van der Waals surface area contributed by atoms with Crippen molar-refractivity contribution in [3.05, 3.63) is 48.0 Å². The monoisotopic (exact) mass is 279 g/mol. The van der Waals surface area contributed by atoms with Gasteiger partial charge in [0, 0.05) is 5.54 Å². The van der Waals surface area contributed by atoms with Crippen LogP contribution in [-0.2, 0) is 4.79 Å². The van der Waals surface area contributed by atoms with Crippen molar-refractivity contribution in [1.82, 2.24) is 0 Å². The first-order valence-electron chi connectivity index (χ1n) is 5.90. The van der Waals surface area contributed by atoms with E-state index in [1.165, 1.54) is 0 Å². The molecule has 0 saturated heterocycles. The summed E-state index contributed by atoms with van der Waals surface area (Å²) in [6.07, 6.45) is 0. The Morgan fingerprint density at radius 1 is 1.16 bits per heavy atom. The summed E-state index contributed by atoms with van der Waals surface area (Å²) in [6, 6.07) is 13.6. The molecule has 0 aliphatic carbocycles. The van der Waals surface area contributed by atoms with Crippen molar-refractivity contribution in [3.63, 3.8) is 0 Å². The summed E-state index contributed by atoms with van der Waals surface area (Å²) in [5, 5.41) is 11.5. The highest BCUT2D eigenvalue weighted by atomic mass is 35.5. The third-order valence-electron chi connectivity index (χ3n) is 3.10. The standard InChI is InChI=1S/C15H17NO2.ClH/c1-15(2,16)13(14(17)18)12-8-7-10-5-3-4-6-11(10)9-12;/h3-9,13H,16H2,1-2H3,(H,17,18);1H. The van der Waals surface area contributed by atoms with E-state index in [4.69, 9.17) is 5.73 Å². The van der Waals surface area contributed by atoms with Crippen LogP contribution in [0.25, 0.3) is 10.8 Å². The van der Waals surface area contributed by atoms with Gasteiger partial charge in [0.15, 0.2) is 0 Å². The summed E-state index contributed by atoms with van der Waals surface area (Å²) in [5.74, 6) is -1.60. The molecule has 3 nitrogen and oxygen atoms in total. The topological polar surface area (TPSA) is 63.3 Å². The average molecular weight is 280 g/mol. The Morgan fingerprint density at radius 2 is 1.74 bits per heavy atom. The van der Waals surface area contributed by atoms with Gasteiger partial charge in [0.05, 0.1) is 5.92 Å². The first-order valence-corrected chi connectivity index (χ1v) is 5.90. The van der Waals surface area contributed by atoms with E-state index in [1.807, 2.05) is 42.5 Å². The second-order valence-electron chi connectivity index (χ2n) is 5.20. The fourth-order valence-electron chi connectivity index (χ4n) is 2.28. The second-order valence-corrected chi connectivity index (χ2v) is 5.20. The van der Waals surface area contributed by atoms with Gasteiger partial charge in [-0.25, -0.2) is 0 Å². The molecule has 0 saturated carbocycles. The van der Waals surface area contributed by atoms with Crippen LogP contribution in [0.2, 0.25) is 0 Å². The van der Waals surface area contributed by atoms with Crippen molar-refractivity contribution in [2.24, 2.45) is 5.73 Å². The molecule has 1 unspecified atom stereocenters. The van der Waals surface area contributed by atoms with Crippen LogP contribution in [0.5, 0.6) is 0 Å². The predicted molar refractivity (Wildman–Crippen MR) is 79.8 cm³/mol. The van der Waals surface area contributed by atoms with E-state index >= 15 is 0 Å². The van der Waals surface area contributed by atoms with Gasteiger partial charge in [-0.05, 0) is 30.2 Å². The van der Waals surface area contributed by atoms with E-state index in [-0.39, 0.29) is 12.4 Å². The number of nitrogens with two attached hydrogens (primary N) is 1. The van der Waals surface area contributed by atoms with E-state index in [0.29, 0.717) is 0 Å². The quantitative estimate of drug-likeness (QED) is 0.907. The van der Waals surface area contributed by atoms with Crippen molar-refractivity contribution >= 4 is 29.1 Å². The maximum Gasteiger partial charge on any atom is 0.312 e. The Hall–Kier alpha value is -1.58. The van der Waals surface area contributed by atoms with Crippen LogP contribution in [0.3, 0.4) is 0 Å². The molecule has 2 aromatic carbocycles. The van der Waals surface area contributed by atoms with Crippen LogP contribution >= 0.6 is 12.4 Å².